The van der Waals surface area contributed by atoms with Gasteiger partial charge in [-0.2, -0.15) is 0 Å². The topological polar surface area (TPSA) is 0 Å². The first-order chi connectivity index (χ1) is 7.39. The molecule has 3 aliphatic carbocycles. The van der Waals surface area contributed by atoms with Gasteiger partial charge in [0.15, 0.2) is 0 Å². The van der Waals surface area contributed by atoms with Crippen molar-refractivity contribution in [2.24, 2.45) is 34.5 Å². The van der Waals surface area contributed by atoms with Crippen LogP contribution in [0, 0.1) is 34.5 Å². The summed E-state index contributed by atoms with van der Waals surface area (Å²) in [6.07, 6.45) is 5.66. The lowest BCUT2D eigenvalue weighted by molar-refractivity contribution is 0.0978. The van der Waals surface area contributed by atoms with Gasteiger partial charge in [0.2, 0.25) is 0 Å². The van der Waals surface area contributed by atoms with Gasteiger partial charge in [-0.15, -0.1) is 0 Å². The molecule has 0 amide bonds. The molecule has 3 aliphatic rings. The van der Waals surface area contributed by atoms with E-state index in [0.717, 1.165) is 23.7 Å². The highest BCUT2D eigenvalue weighted by molar-refractivity contribution is 5.24. The van der Waals surface area contributed by atoms with Crippen LogP contribution in [0.25, 0.3) is 0 Å². The molecule has 0 aromatic carbocycles. The van der Waals surface area contributed by atoms with Gasteiger partial charge in [-0.25, -0.2) is 0 Å². The quantitative estimate of drug-likeness (QED) is 0.519. The van der Waals surface area contributed by atoms with E-state index in [-0.39, 0.29) is 0 Å². The number of rotatable bonds is 0. The van der Waals surface area contributed by atoms with Crippen LogP contribution in [0.1, 0.15) is 53.4 Å². The molecule has 16 heavy (non-hydrogen) atoms. The fourth-order valence-corrected chi connectivity index (χ4v) is 6.21. The Morgan fingerprint density at radius 2 is 1.94 bits per heavy atom. The summed E-state index contributed by atoms with van der Waals surface area (Å²) in [6.45, 7) is 14.4. The molecule has 0 nitrogen and oxygen atoms in total. The third-order valence-electron chi connectivity index (χ3n) is 6.58. The summed E-state index contributed by atoms with van der Waals surface area (Å²) in [5.74, 6) is 3.65. The molecule has 0 N–H and O–H groups in total. The van der Waals surface area contributed by atoms with Gasteiger partial charge in [0, 0.05) is 0 Å². The van der Waals surface area contributed by atoms with Gasteiger partial charge in [-0.05, 0) is 60.2 Å². The zero-order valence-electron chi connectivity index (χ0n) is 11.3. The first-order valence-electron chi connectivity index (χ1n) is 7.07. The Morgan fingerprint density at radius 1 is 1.25 bits per heavy atom. The second-order valence-corrected chi connectivity index (χ2v) is 7.56. The highest BCUT2D eigenvalue weighted by Gasteiger charge is 2.65. The van der Waals surface area contributed by atoms with Crippen LogP contribution in [-0.2, 0) is 0 Å². The lowest BCUT2D eigenvalue weighted by Gasteiger charge is -2.38. The second-order valence-electron chi connectivity index (χ2n) is 7.56. The van der Waals surface area contributed by atoms with Crippen LogP contribution in [0.4, 0.5) is 0 Å². The van der Waals surface area contributed by atoms with Crippen molar-refractivity contribution >= 4 is 0 Å². The summed E-state index contributed by atoms with van der Waals surface area (Å²) in [6, 6.07) is 0. The van der Waals surface area contributed by atoms with Crippen molar-refractivity contribution in [2.45, 2.75) is 53.4 Å². The highest BCUT2D eigenvalue weighted by atomic mass is 14.7. The van der Waals surface area contributed by atoms with Crippen molar-refractivity contribution in [1.29, 1.82) is 0 Å². The van der Waals surface area contributed by atoms with Crippen LogP contribution in [0.15, 0.2) is 12.2 Å². The fourth-order valence-electron chi connectivity index (χ4n) is 6.21. The Hall–Kier alpha value is -0.260. The summed E-state index contributed by atoms with van der Waals surface area (Å²) in [4.78, 5) is 0. The molecule has 0 heteroatoms. The number of fused-ring (bicyclic) bond motifs is 1. The van der Waals surface area contributed by atoms with E-state index in [1.165, 1.54) is 25.7 Å². The molecular weight excluding hydrogens is 192 g/mol. The average Bonchev–Trinajstić information content (AvgIpc) is 2.54. The molecule has 2 bridgehead atoms. The predicted octanol–water partition coefficient (Wildman–Crippen LogP) is 4.66. The third kappa shape index (κ3) is 1.02. The first-order valence-corrected chi connectivity index (χ1v) is 7.07. The molecule has 0 radical (unpaired) electrons. The van der Waals surface area contributed by atoms with Crippen LogP contribution >= 0.6 is 0 Å². The molecule has 3 rings (SSSR count). The maximum atomic E-state index is 4.36. The lowest BCUT2D eigenvalue weighted by Crippen LogP contribution is -2.32. The van der Waals surface area contributed by atoms with E-state index >= 15 is 0 Å². The molecular formula is C16H26. The van der Waals surface area contributed by atoms with Gasteiger partial charge in [0.05, 0.1) is 0 Å². The molecule has 90 valence electrons. The molecule has 3 saturated carbocycles. The molecule has 5 atom stereocenters. The Bertz CT molecular complexity index is 338. The largest absolute Gasteiger partial charge is 0.0996 e. The molecule has 3 fully saturated rings. The minimum Gasteiger partial charge on any atom is -0.0996 e. The van der Waals surface area contributed by atoms with Crippen molar-refractivity contribution in [3.8, 4) is 0 Å². The van der Waals surface area contributed by atoms with Crippen molar-refractivity contribution < 1.29 is 0 Å². The van der Waals surface area contributed by atoms with E-state index in [2.05, 4.69) is 34.3 Å². The molecule has 0 saturated heterocycles. The van der Waals surface area contributed by atoms with Gasteiger partial charge >= 0.3 is 0 Å². The molecule has 0 aromatic rings. The zero-order chi connectivity index (χ0) is 11.7. The van der Waals surface area contributed by atoms with Crippen LogP contribution in [-0.4, -0.2) is 0 Å². The Labute approximate surface area is 101 Å². The standard InChI is InChI=1S/C16H26/c1-10-6-7-16-9-13(10)15(4,5)14(16)11(2)8-12(16)3/h11-14H,1,6-9H2,2-5H3. The van der Waals surface area contributed by atoms with E-state index < -0.39 is 0 Å². The monoisotopic (exact) mass is 218 g/mol. The van der Waals surface area contributed by atoms with Crippen molar-refractivity contribution in [3.05, 3.63) is 12.2 Å². The maximum Gasteiger partial charge on any atom is -0.0146 e. The predicted molar refractivity (Wildman–Crippen MR) is 69.1 cm³/mol. The minimum absolute atomic E-state index is 0.512. The van der Waals surface area contributed by atoms with Gasteiger partial charge < -0.3 is 0 Å². The highest BCUT2D eigenvalue weighted by Crippen LogP contribution is 2.73. The second kappa shape index (κ2) is 2.94. The average molecular weight is 218 g/mol. The van der Waals surface area contributed by atoms with Gasteiger partial charge in [0.1, 0.15) is 0 Å². The minimum atomic E-state index is 0.512. The first kappa shape index (κ1) is 10.9. The van der Waals surface area contributed by atoms with E-state index in [1.807, 2.05) is 0 Å². The number of hydrogen-bond donors (Lipinski definition) is 0. The normalized spacial score (nSPS) is 54.1. The SMILES string of the molecule is C=C1CCC23CC1C(C)(C)C2C(C)CC3C. The Kier molecular flexibility index (Phi) is 2.00. The van der Waals surface area contributed by atoms with Crippen molar-refractivity contribution in [3.63, 3.8) is 0 Å². The van der Waals surface area contributed by atoms with Gasteiger partial charge in [0.25, 0.3) is 0 Å². The van der Waals surface area contributed by atoms with E-state index in [0.29, 0.717) is 10.8 Å². The van der Waals surface area contributed by atoms with E-state index in [1.54, 1.807) is 5.57 Å². The van der Waals surface area contributed by atoms with Crippen LogP contribution < -0.4 is 0 Å². The molecule has 1 spiro atoms. The summed E-state index contributed by atoms with van der Waals surface area (Å²) in [5, 5.41) is 0. The Morgan fingerprint density at radius 3 is 2.62 bits per heavy atom. The van der Waals surface area contributed by atoms with Crippen LogP contribution in [0.5, 0.6) is 0 Å². The summed E-state index contributed by atoms with van der Waals surface area (Å²) in [7, 11) is 0. The van der Waals surface area contributed by atoms with Crippen molar-refractivity contribution in [2.75, 3.05) is 0 Å². The molecule has 0 aliphatic heterocycles. The maximum absolute atomic E-state index is 4.36. The van der Waals surface area contributed by atoms with Crippen LogP contribution in [0.2, 0.25) is 0 Å². The molecule has 0 aromatic heterocycles. The van der Waals surface area contributed by atoms with Gasteiger partial charge in [-0.1, -0.05) is 39.8 Å². The van der Waals surface area contributed by atoms with E-state index in [4.69, 9.17) is 0 Å². The van der Waals surface area contributed by atoms with Crippen molar-refractivity contribution in [1.82, 2.24) is 0 Å². The number of hydrogen-bond acceptors (Lipinski definition) is 0. The smallest absolute Gasteiger partial charge is 0.0146 e. The summed E-state index contributed by atoms with van der Waals surface area (Å²) < 4.78 is 0. The van der Waals surface area contributed by atoms with E-state index in [9.17, 15) is 0 Å². The molecule has 5 unspecified atom stereocenters. The molecule has 0 heterocycles. The van der Waals surface area contributed by atoms with Crippen LogP contribution in [0.3, 0.4) is 0 Å². The van der Waals surface area contributed by atoms with Gasteiger partial charge in [-0.3, -0.25) is 0 Å². The fraction of sp³-hybridized carbons (Fsp3) is 0.875. The summed E-state index contributed by atoms with van der Waals surface area (Å²) >= 11 is 0. The lowest BCUT2D eigenvalue weighted by atomic mass is 9.66. The zero-order valence-corrected chi connectivity index (χ0v) is 11.3. The number of allylic oxidation sites excluding steroid dienone is 1. The Balaban J connectivity index is 2.11. The third-order valence-corrected chi connectivity index (χ3v) is 6.58. The summed E-state index contributed by atoms with van der Waals surface area (Å²) in [5.41, 5.74) is 2.76.